The summed E-state index contributed by atoms with van der Waals surface area (Å²) in [5, 5.41) is 6.39. The first-order valence-corrected chi connectivity index (χ1v) is 7.65. The molecule has 0 bridgehead atoms. The van der Waals surface area contributed by atoms with Gasteiger partial charge in [0.15, 0.2) is 5.71 Å². The van der Waals surface area contributed by atoms with Gasteiger partial charge in [-0.2, -0.15) is 0 Å². The van der Waals surface area contributed by atoms with Gasteiger partial charge in [-0.05, 0) is 61.7 Å². The molecule has 5 heteroatoms. The monoisotopic (exact) mass is 326 g/mol. The molecule has 0 saturated heterocycles. The highest BCUT2D eigenvalue weighted by Gasteiger charge is 2.16. The molecule has 0 aliphatic rings. The van der Waals surface area contributed by atoms with Gasteiger partial charge in [-0.1, -0.05) is 17.3 Å². The van der Waals surface area contributed by atoms with E-state index < -0.39 is 0 Å². The van der Waals surface area contributed by atoms with Gasteiger partial charge < -0.3 is 14.9 Å². The van der Waals surface area contributed by atoms with Gasteiger partial charge in [0, 0.05) is 12.6 Å². The van der Waals surface area contributed by atoms with Crippen LogP contribution in [0, 0.1) is 20.8 Å². The summed E-state index contributed by atoms with van der Waals surface area (Å²) < 4.78 is 5.98. The van der Waals surface area contributed by atoms with Crippen LogP contribution in [-0.2, 0) is 9.63 Å². The Hall–Kier alpha value is -2.82. The van der Waals surface area contributed by atoms with Gasteiger partial charge >= 0.3 is 0 Å². The molecule has 0 fully saturated rings. The molecule has 0 unspecified atom stereocenters. The summed E-state index contributed by atoms with van der Waals surface area (Å²) in [5.41, 5.74) is 4.00. The molecule has 2 aromatic carbocycles. The fraction of sp³-hybridized carbons (Fsp3) is 0.263. The van der Waals surface area contributed by atoms with Crippen LogP contribution in [0.5, 0.6) is 11.5 Å². The number of nitrogens with one attached hydrogen (secondary N) is 1. The maximum absolute atomic E-state index is 12.0. The van der Waals surface area contributed by atoms with Crippen LogP contribution in [0.25, 0.3) is 0 Å². The number of oxime groups is 1. The molecule has 2 rings (SSSR count). The van der Waals surface area contributed by atoms with Crippen molar-refractivity contribution in [3.05, 3.63) is 58.7 Å². The fourth-order valence-electron chi connectivity index (χ4n) is 2.33. The number of benzene rings is 2. The lowest BCUT2D eigenvalue weighted by Gasteiger charge is -2.12. The normalized spacial score (nSPS) is 11.1. The first kappa shape index (κ1) is 17.5. The average molecular weight is 326 g/mol. The highest BCUT2D eigenvalue weighted by molar-refractivity contribution is 6.45. The maximum atomic E-state index is 12.0. The first-order chi connectivity index (χ1) is 11.5. The van der Waals surface area contributed by atoms with Crippen LogP contribution >= 0.6 is 0 Å². The number of ether oxygens (including phenoxy) is 1. The van der Waals surface area contributed by atoms with Crippen LogP contribution in [0.3, 0.4) is 0 Å². The lowest BCUT2D eigenvalue weighted by Crippen LogP contribution is -2.29. The van der Waals surface area contributed by atoms with Gasteiger partial charge in [0.1, 0.15) is 18.6 Å². The van der Waals surface area contributed by atoms with Gasteiger partial charge in [-0.25, -0.2) is 0 Å². The van der Waals surface area contributed by atoms with Crippen molar-refractivity contribution in [1.29, 1.82) is 0 Å². The van der Waals surface area contributed by atoms with Crippen molar-refractivity contribution in [2.24, 2.45) is 5.16 Å². The third-order valence-electron chi connectivity index (χ3n) is 3.65. The largest absolute Gasteiger partial charge is 0.457 e. The molecule has 0 aromatic heterocycles. The predicted octanol–water partition coefficient (Wildman–Crippen LogP) is 3.50. The molecule has 0 aliphatic carbocycles. The molecule has 2 aromatic rings. The molecule has 0 aliphatic heterocycles. The van der Waals surface area contributed by atoms with Crippen molar-refractivity contribution in [2.75, 3.05) is 14.2 Å². The van der Waals surface area contributed by atoms with E-state index in [9.17, 15) is 4.79 Å². The van der Waals surface area contributed by atoms with E-state index in [0.717, 1.165) is 22.4 Å². The van der Waals surface area contributed by atoms with E-state index in [1.807, 2.05) is 57.2 Å². The van der Waals surface area contributed by atoms with Gasteiger partial charge in [0.2, 0.25) is 0 Å². The number of hydrogen-bond acceptors (Lipinski definition) is 4. The highest BCUT2D eigenvalue weighted by atomic mass is 16.6. The third-order valence-corrected chi connectivity index (χ3v) is 3.65. The van der Waals surface area contributed by atoms with E-state index in [1.165, 1.54) is 7.11 Å². The molecule has 0 saturated carbocycles. The Bertz CT molecular complexity index is 782. The van der Waals surface area contributed by atoms with Gasteiger partial charge in [0.25, 0.3) is 5.91 Å². The number of carbonyl (C=O) groups is 1. The summed E-state index contributed by atoms with van der Waals surface area (Å²) in [4.78, 5) is 16.7. The molecule has 0 heterocycles. The lowest BCUT2D eigenvalue weighted by molar-refractivity contribution is -0.114. The standard InChI is InChI=1S/C19H22N2O3/c1-12-6-7-13(2)17(10-12)24-15-8-9-16(14(3)11-15)18(21-23-5)19(22)20-4/h6-11H,1-5H3,(H,20,22)/b21-18+. The molecule has 126 valence electrons. The molecule has 24 heavy (non-hydrogen) atoms. The molecule has 0 radical (unpaired) electrons. The van der Waals surface area contributed by atoms with E-state index in [4.69, 9.17) is 9.57 Å². The zero-order valence-electron chi connectivity index (χ0n) is 14.6. The summed E-state index contributed by atoms with van der Waals surface area (Å²) >= 11 is 0. The summed E-state index contributed by atoms with van der Waals surface area (Å²) in [6.07, 6.45) is 0. The molecule has 1 N–H and O–H groups in total. The number of rotatable bonds is 5. The SMILES string of the molecule is CNC(=O)/C(=N/OC)c1ccc(Oc2cc(C)ccc2C)cc1C. The fourth-order valence-corrected chi connectivity index (χ4v) is 2.33. The van der Waals surface area contributed by atoms with E-state index >= 15 is 0 Å². The quantitative estimate of drug-likeness (QED) is 0.676. The minimum Gasteiger partial charge on any atom is -0.457 e. The van der Waals surface area contributed by atoms with E-state index in [2.05, 4.69) is 10.5 Å². The number of amides is 1. The summed E-state index contributed by atoms with van der Waals surface area (Å²) in [6.45, 7) is 5.93. The molecular formula is C19H22N2O3. The second kappa shape index (κ2) is 7.64. The number of nitrogens with zero attached hydrogens (tertiary/aromatic N) is 1. The summed E-state index contributed by atoms with van der Waals surface area (Å²) in [7, 11) is 2.97. The van der Waals surface area contributed by atoms with Crippen molar-refractivity contribution in [3.63, 3.8) is 0 Å². The van der Waals surface area contributed by atoms with Crippen LogP contribution < -0.4 is 10.1 Å². The number of hydrogen-bond donors (Lipinski definition) is 1. The van der Waals surface area contributed by atoms with Crippen molar-refractivity contribution >= 4 is 11.6 Å². The highest BCUT2D eigenvalue weighted by Crippen LogP contribution is 2.27. The van der Waals surface area contributed by atoms with Crippen molar-refractivity contribution in [3.8, 4) is 11.5 Å². The topological polar surface area (TPSA) is 59.9 Å². The molecule has 0 atom stereocenters. The van der Waals surface area contributed by atoms with E-state index in [0.29, 0.717) is 11.3 Å². The Kier molecular flexibility index (Phi) is 5.58. The molecule has 5 nitrogen and oxygen atoms in total. The Morgan fingerprint density at radius 1 is 1.04 bits per heavy atom. The minimum absolute atomic E-state index is 0.232. The average Bonchev–Trinajstić information content (AvgIpc) is 2.56. The predicted molar refractivity (Wildman–Crippen MR) is 94.8 cm³/mol. The Balaban J connectivity index is 2.34. The zero-order valence-corrected chi connectivity index (χ0v) is 14.6. The van der Waals surface area contributed by atoms with Crippen LogP contribution in [-0.4, -0.2) is 25.8 Å². The third kappa shape index (κ3) is 3.93. The van der Waals surface area contributed by atoms with E-state index in [1.54, 1.807) is 7.05 Å². The van der Waals surface area contributed by atoms with Gasteiger partial charge in [0.05, 0.1) is 0 Å². The number of likely N-dealkylation sites (N-methyl/N-ethyl adjacent to an activating group) is 1. The van der Waals surface area contributed by atoms with Crippen LogP contribution in [0.4, 0.5) is 0 Å². The summed E-state index contributed by atoms with van der Waals surface area (Å²) in [6, 6.07) is 11.6. The smallest absolute Gasteiger partial charge is 0.273 e. The molecular weight excluding hydrogens is 304 g/mol. The van der Waals surface area contributed by atoms with Gasteiger partial charge in [-0.15, -0.1) is 0 Å². The Morgan fingerprint density at radius 2 is 1.79 bits per heavy atom. The van der Waals surface area contributed by atoms with Crippen LogP contribution in [0.15, 0.2) is 41.6 Å². The summed E-state index contributed by atoms with van der Waals surface area (Å²) in [5.74, 6) is 1.22. The second-order valence-electron chi connectivity index (χ2n) is 5.55. The zero-order chi connectivity index (χ0) is 17.7. The minimum atomic E-state index is -0.303. The van der Waals surface area contributed by atoms with Gasteiger partial charge in [-0.3, -0.25) is 4.79 Å². The molecule has 0 spiro atoms. The van der Waals surface area contributed by atoms with Crippen molar-refractivity contribution in [2.45, 2.75) is 20.8 Å². The lowest BCUT2D eigenvalue weighted by atomic mass is 10.0. The van der Waals surface area contributed by atoms with Crippen LogP contribution in [0.1, 0.15) is 22.3 Å². The first-order valence-electron chi connectivity index (χ1n) is 7.65. The Morgan fingerprint density at radius 3 is 2.42 bits per heavy atom. The van der Waals surface area contributed by atoms with E-state index in [-0.39, 0.29) is 11.6 Å². The number of carbonyl (C=O) groups excluding carboxylic acids is 1. The van der Waals surface area contributed by atoms with Crippen molar-refractivity contribution < 1.29 is 14.4 Å². The number of aryl methyl sites for hydroxylation is 3. The second-order valence-corrected chi connectivity index (χ2v) is 5.55. The van der Waals surface area contributed by atoms with Crippen LogP contribution in [0.2, 0.25) is 0 Å². The Labute approximate surface area is 142 Å². The molecule has 1 amide bonds. The van der Waals surface area contributed by atoms with Crippen molar-refractivity contribution in [1.82, 2.24) is 5.32 Å². The maximum Gasteiger partial charge on any atom is 0.273 e.